The standard InChI is InChI=1S/C14H18F2N2O/c1-9(11-4-5-17-8-11)18-14(19)7-10-2-3-12(15)13(16)6-10/h2-3,6,9,11,17H,4-5,7-8H2,1H3,(H,18,19). The lowest BCUT2D eigenvalue weighted by molar-refractivity contribution is -0.121. The largest absolute Gasteiger partial charge is 0.353 e. The average Bonchev–Trinajstić information content (AvgIpc) is 2.87. The fourth-order valence-corrected chi connectivity index (χ4v) is 2.36. The molecule has 0 radical (unpaired) electrons. The predicted octanol–water partition coefficient (Wildman–Crippen LogP) is 1.62. The van der Waals surface area contributed by atoms with E-state index in [1.807, 2.05) is 6.92 Å². The summed E-state index contributed by atoms with van der Waals surface area (Å²) in [6.07, 6.45) is 1.12. The van der Waals surface area contributed by atoms with Crippen LogP contribution >= 0.6 is 0 Å². The van der Waals surface area contributed by atoms with Gasteiger partial charge in [0.15, 0.2) is 11.6 Å². The lowest BCUT2D eigenvalue weighted by Crippen LogP contribution is -2.39. The second-order valence-electron chi connectivity index (χ2n) is 5.03. The first-order valence-corrected chi connectivity index (χ1v) is 6.50. The number of carbonyl (C=O) groups is 1. The molecule has 5 heteroatoms. The minimum atomic E-state index is -0.918. The van der Waals surface area contributed by atoms with E-state index < -0.39 is 11.6 Å². The maximum absolute atomic E-state index is 13.0. The van der Waals surface area contributed by atoms with Crippen LogP contribution in [0.3, 0.4) is 0 Å². The Hall–Kier alpha value is -1.49. The Morgan fingerprint density at radius 2 is 2.26 bits per heavy atom. The van der Waals surface area contributed by atoms with Gasteiger partial charge >= 0.3 is 0 Å². The van der Waals surface area contributed by atoms with E-state index >= 15 is 0 Å². The summed E-state index contributed by atoms with van der Waals surface area (Å²) in [4.78, 5) is 11.8. The van der Waals surface area contributed by atoms with Gasteiger partial charge in [-0.3, -0.25) is 4.79 Å². The Morgan fingerprint density at radius 1 is 1.47 bits per heavy atom. The Kier molecular flexibility index (Phi) is 4.47. The maximum atomic E-state index is 13.0. The summed E-state index contributed by atoms with van der Waals surface area (Å²) in [5.74, 6) is -1.53. The Bertz CT molecular complexity index is 459. The lowest BCUT2D eigenvalue weighted by atomic mass is 10.0. The summed E-state index contributed by atoms with van der Waals surface area (Å²) < 4.78 is 25.8. The number of nitrogens with one attached hydrogen (secondary N) is 2. The monoisotopic (exact) mass is 268 g/mol. The van der Waals surface area contributed by atoms with Gasteiger partial charge in [-0.2, -0.15) is 0 Å². The van der Waals surface area contributed by atoms with Gasteiger partial charge in [-0.15, -0.1) is 0 Å². The molecule has 1 saturated heterocycles. The quantitative estimate of drug-likeness (QED) is 0.871. The molecule has 1 aliphatic rings. The SMILES string of the molecule is CC(NC(=O)Cc1ccc(F)c(F)c1)C1CCNC1. The molecule has 2 rings (SSSR count). The van der Waals surface area contributed by atoms with Crippen molar-refractivity contribution in [3.63, 3.8) is 0 Å². The van der Waals surface area contributed by atoms with E-state index in [4.69, 9.17) is 0 Å². The molecule has 2 atom stereocenters. The van der Waals surface area contributed by atoms with Crippen molar-refractivity contribution in [2.24, 2.45) is 5.92 Å². The van der Waals surface area contributed by atoms with E-state index in [-0.39, 0.29) is 18.4 Å². The molecular formula is C14H18F2N2O. The highest BCUT2D eigenvalue weighted by molar-refractivity contribution is 5.78. The van der Waals surface area contributed by atoms with Gasteiger partial charge in [0.2, 0.25) is 5.91 Å². The van der Waals surface area contributed by atoms with E-state index in [9.17, 15) is 13.6 Å². The summed E-state index contributed by atoms with van der Waals surface area (Å²) >= 11 is 0. The number of halogens is 2. The van der Waals surface area contributed by atoms with Crippen molar-refractivity contribution in [3.05, 3.63) is 35.4 Å². The fraction of sp³-hybridized carbons (Fsp3) is 0.500. The average molecular weight is 268 g/mol. The van der Waals surface area contributed by atoms with Gasteiger partial charge in [-0.05, 0) is 50.0 Å². The van der Waals surface area contributed by atoms with E-state index in [2.05, 4.69) is 10.6 Å². The first-order valence-electron chi connectivity index (χ1n) is 6.50. The molecule has 1 aliphatic heterocycles. The summed E-state index contributed by atoms with van der Waals surface area (Å²) in [5.41, 5.74) is 0.480. The second-order valence-corrected chi connectivity index (χ2v) is 5.03. The summed E-state index contributed by atoms with van der Waals surface area (Å²) in [6, 6.07) is 3.63. The van der Waals surface area contributed by atoms with E-state index in [0.29, 0.717) is 11.5 Å². The molecule has 0 aromatic heterocycles. The van der Waals surface area contributed by atoms with Gasteiger partial charge < -0.3 is 10.6 Å². The minimum Gasteiger partial charge on any atom is -0.353 e. The van der Waals surface area contributed by atoms with Crippen LogP contribution in [0.1, 0.15) is 18.9 Å². The van der Waals surface area contributed by atoms with Crippen LogP contribution in [0.2, 0.25) is 0 Å². The molecule has 1 aromatic rings. The topological polar surface area (TPSA) is 41.1 Å². The third-order valence-electron chi connectivity index (χ3n) is 3.54. The highest BCUT2D eigenvalue weighted by Crippen LogP contribution is 2.13. The molecule has 0 bridgehead atoms. The Balaban J connectivity index is 1.88. The molecule has 2 N–H and O–H groups in total. The minimum absolute atomic E-state index is 0.0711. The third-order valence-corrected chi connectivity index (χ3v) is 3.54. The van der Waals surface area contributed by atoms with Gasteiger partial charge in [-0.1, -0.05) is 6.07 Å². The summed E-state index contributed by atoms with van der Waals surface area (Å²) in [7, 11) is 0. The molecule has 104 valence electrons. The smallest absolute Gasteiger partial charge is 0.224 e. The highest BCUT2D eigenvalue weighted by Gasteiger charge is 2.22. The van der Waals surface area contributed by atoms with E-state index in [1.54, 1.807) is 0 Å². The maximum Gasteiger partial charge on any atom is 0.224 e. The molecule has 1 amide bonds. The van der Waals surface area contributed by atoms with Crippen LogP contribution in [0.5, 0.6) is 0 Å². The second kappa shape index (κ2) is 6.10. The first-order chi connectivity index (χ1) is 9.06. The molecule has 1 heterocycles. The number of benzene rings is 1. The van der Waals surface area contributed by atoms with Gasteiger partial charge in [0, 0.05) is 6.04 Å². The van der Waals surface area contributed by atoms with Crippen molar-refractivity contribution >= 4 is 5.91 Å². The van der Waals surface area contributed by atoms with Crippen LogP contribution in [0.4, 0.5) is 8.78 Å². The molecule has 19 heavy (non-hydrogen) atoms. The normalized spacial score (nSPS) is 20.3. The molecule has 1 aromatic carbocycles. The number of carbonyl (C=O) groups excluding carboxylic acids is 1. The fourth-order valence-electron chi connectivity index (χ4n) is 2.36. The van der Waals surface area contributed by atoms with Gasteiger partial charge in [-0.25, -0.2) is 8.78 Å². The highest BCUT2D eigenvalue weighted by atomic mass is 19.2. The lowest BCUT2D eigenvalue weighted by Gasteiger charge is -2.19. The van der Waals surface area contributed by atoms with Crippen molar-refractivity contribution in [1.82, 2.24) is 10.6 Å². The van der Waals surface area contributed by atoms with Crippen LogP contribution in [-0.2, 0) is 11.2 Å². The number of hydrogen-bond acceptors (Lipinski definition) is 2. The molecule has 0 aliphatic carbocycles. The molecule has 2 unspecified atom stereocenters. The van der Waals surface area contributed by atoms with Gasteiger partial charge in [0.05, 0.1) is 6.42 Å². The molecule has 1 fully saturated rings. The number of amides is 1. The van der Waals surface area contributed by atoms with Crippen molar-refractivity contribution in [2.45, 2.75) is 25.8 Å². The van der Waals surface area contributed by atoms with Crippen LogP contribution in [-0.4, -0.2) is 25.0 Å². The van der Waals surface area contributed by atoms with Gasteiger partial charge in [0.1, 0.15) is 0 Å². The van der Waals surface area contributed by atoms with Crippen molar-refractivity contribution < 1.29 is 13.6 Å². The van der Waals surface area contributed by atoms with Crippen LogP contribution in [0, 0.1) is 17.6 Å². The Labute approximate surface area is 111 Å². The molecule has 3 nitrogen and oxygen atoms in total. The molecule has 0 saturated carbocycles. The zero-order chi connectivity index (χ0) is 13.8. The molecule has 0 spiro atoms. The van der Waals surface area contributed by atoms with E-state index in [0.717, 1.165) is 31.6 Å². The van der Waals surface area contributed by atoms with Crippen molar-refractivity contribution in [3.8, 4) is 0 Å². The van der Waals surface area contributed by atoms with Gasteiger partial charge in [0.25, 0.3) is 0 Å². The van der Waals surface area contributed by atoms with E-state index in [1.165, 1.54) is 6.07 Å². The zero-order valence-electron chi connectivity index (χ0n) is 10.9. The van der Waals surface area contributed by atoms with Crippen LogP contribution < -0.4 is 10.6 Å². The first kappa shape index (κ1) is 13.9. The predicted molar refractivity (Wildman–Crippen MR) is 68.6 cm³/mol. The van der Waals surface area contributed by atoms with Crippen molar-refractivity contribution in [2.75, 3.05) is 13.1 Å². The molecular weight excluding hydrogens is 250 g/mol. The number of hydrogen-bond donors (Lipinski definition) is 2. The zero-order valence-corrected chi connectivity index (χ0v) is 10.9. The van der Waals surface area contributed by atoms with Crippen molar-refractivity contribution in [1.29, 1.82) is 0 Å². The summed E-state index contributed by atoms with van der Waals surface area (Å²) in [6.45, 7) is 3.86. The third kappa shape index (κ3) is 3.73. The Morgan fingerprint density at radius 3 is 2.89 bits per heavy atom. The summed E-state index contributed by atoms with van der Waals surface area (Å²) in [5, 5.41) is 6.16. The van der Waals surface area contributed by atoms with Crippen LogP contribution in [0.15, 0.2) is 18.2 Å². The number of rotatable bonds is 4. The van der Waals surface area contributed by atoms with Crippen LogP contribution in [0.25, 0.3) is 0 Å².